The minimum Gasteiger partial charge on any atom is -0.441 e. The topological polar surface area (TPSA) is 75.4 Å². The molecule has 0 aliphatic rings. The Morgan fingerprint density at radius 3 is 2.50 bits per heavy atom. The standard InChI is InChI=1S/C24H27N3O3/c1-4-27(5-2)24(29)19-7-6-8-20(15-19)26-22(28)13-14-23-25-16-21(30-23)18-11-9-17(3)10-12-18/h6-12,15-16H,4-5,13-14H2,1-3H3,(H,26,28). The van der Waals surface area contributed by atoms with Crippen molar-refractivity contribution in [1.29, 1.82) is 0 Å². The first-order valence-corrected chi connectivity index (χ1v) is 10.2. The molecule has 0 aliphatic carbocycles. The van der Waals surface area contributed by atoms with Crippen LogP contribution in [0.1, 0.15) is 42.1 Å². The van der Waals surface area contributed by atoms with Crippen LogP contribution in [-0.2, 0) is 11.2 Å². The highest BCUT2D eigenvalue weighted by atomic mass is 16.4. The molecule has 0 aliphatic heterocycles. The van der Waals surface area contributed by atoms with Gasteiger partial charge in [-0.15, -0.1) is 0 Å². The van der Waals surface area contributed by atoms with Gasteiger partial charge in [0.2, 0.25) is 5.91 Å². The smallest absolute Gasteiger partial charge is 0.253 e. The number of aromatic nitrogens is 1. The van der Waals surface area contributed by atoms with E-state index in [-0.39, 0.29) is 18.2 Å². The number of rotatable bonds is 8. The van der Waals surface area contributed by atoms with E-state index in [1.807, 2.05) is 45.0 Å². The van der Waals surface area contributed by atoms with Gasteiger partial charge in [-0.2, -0.15) is 0 Å². The molecule has 156 valence electrons. The van der Waals surface area contributed by atoms with Crippen molar-refractivity contribution in [1.82, 2.24) is 9.88 Å². The molecule has 3 aromatic rings. The third-order valence-corrected chi connectivity index (χ3v) is 4.90. The van der Waals surface area contributed by atoms with E-state index in [9.17, 15) is 9.59 Å². The van der Waals surface area contributed by atoms with Gasteiger partial charge < -0.3 is 14.6 Å². The Kier molecular flexibility index (Phi) is 7.01. The van der Waals surface area contributed by atoms with Gasteiger partial charge in [0.1, 0.15) is 0 Å². The van der Waals surface area contributed by atoms with Crippen molar-refractivity contribution < 1.29 is 14.0 Å². The second-order valence-corrected chi connectivity index (χ2v) is 7.09. The predicted octanol–water partition coefficient (Wildman–Crippen LogP) is 4.70. The molecular weight excluding hydrogens is 378 g/mol. The third kappa shape index (κ3) is 5.35. The highest BCUT2D eigenvalue weighted by Gasteiger charge is 2.14. The van der Waals surface area contributed by atoms with Crippen molar-refractivity contribution in [2.45, 2.75) is 33.6 Å². The molecule has 0 fully saturated rings. The zero-order chi connectivity index (χ0) is 21.5. The van der Waals surface area contributed by atoms with E-state index in [2.05, 4.69) is 10.3 Å². The van der Waals surface area contributed by atoms with E-state index in [1.54, 1.807) is 35.4 Å². The van der Waals surface area contributed by atoms with Gasteiger partial charge in [0, 0.05) is 42.7 Å². The van der Waals surface area contributed by atoms with Gasteiger partial charge in [-0.05, 0) is 39.0 Å². The van der Waals surface area contributed by atoms with Gasteiger partial charge in [0.05, 0.1) is 6.20 Å². The summed E-state index contributed by atoms with van der Waals surface area (Å²) in [5.41, 5.74) is 3.30. The van der Waals surface area contributed by atoms with E-state index in [1.165, 1.54) is 5.56 Å². The number of amides is 2. The number of nitrogens with zero attached hydrogens (tertiary/aromatic N) is 2. The minimum absolute atomic E-state index is 0.0421. The van der Waals surface area contributed by atoms with Gasteiger partial charge in [0.25, 0.3) is 5.91 Å². The van der Waals surface area contributed by atoms with Gasteiger partial charge >= 0.3 is 0 Å². The van der Waals surface area contributed by atoms with Crippen molar-refractivity contribution in [3.8, 4) is 11.3 Å². The molecule has 0 unspecified atom stereocenters. The monoisotopic (exact) mass is 405 g/mol. The normalized spacial score (nSPS) is 10.6. The van der Waals surface area contributed by atoms with Crippen LogP contribution in [0.2, 0.25) is 0 Å². The summed E-state index contributed by atoms with van der Waals surface area (Å²) in [4.78, 5) is 30.9. The number of nitrogens with one attached hydrogen (secondary N) is 1. The van der Waals surface area contributed by atoms with Crippen molar-refractivity contribution >= 4 is 17.5 Å². The fourth-order valence-electron chi connectivity index (χ4n) is 3.14. The second kappa shape index (κ2) is 9.87. The molecule has 3 rings (SSSR count). The van der Waals surface area contributed by atoms with Crippen LogP contribution in [0, 0.1) is 6.92 Å². The lowest BCUT2D eigenvalue weighted by molar-refractivity contribution is -0.116. The van der Waals surface area contributed by atoms with E-state index in [4.69, 9.17) is 4.42 Å². The fourth-order valence-corrected chi connectivity index (χ4v) is 3.14. The molecule has 6 heteroatoms. The van der Waals surface area contributed by atoms with Crippen LogP contribution in [0.25, 0.3) is 11.3 Å². The van der Waals surface area contributed by atoms with Gasteiger partial charge in [0.15, 0.2) is 11.7 Å². The Bertz CT molecular complexity index is 1000. The van der Waals surface area contributed by atoms with Crippen LogP contribution in [-0.4, -0.2) is 34.8 Å². The zero-order valence-electron chi connectivity index (χ0n) is 17.6. The first kappa shape index (κ1) is 21.3. The number of carbonyl (C=O) groups excluding carboxylic acids is 2. The summed E-state index contributed by atoms with van der Waals surface area (Å²) in [6, 6.07) is 15.0. The van der Waals surface area contributed by atoms with Crippen molar-refractivity contribution in [2.24, 2.45) is 0 Å². The van der Waals surface area contributed by atoms with E-state index in [0.717, 1.165) is 5.56 Å². The number of aryl methyl sites for hydroxylation is 2. The highest BCUT2D eigenvalue weighted by Crippen LogP contribution is 2.21. The van der Waals surface area contributed by atoms with Crippen LogP contribution in [0.15, 0.2) is 59.1 Å². The summed E-state index contributed by atoms with van der Waals surface area (Å²) < 4.78 is 5.77. The molecule has 0 radical (unpaired) electrons. The summed E-state index contributed by atoms with van der Waals surface area (Å²) in [5, 5.41) is 2.85. The third-order valence-electron chi connectivity index (χ3n) is 4.90. The Hall–Kier alpha value is -3.41. The first-order valence-electron chi connectivity index (χ1n) is 10.2. The van der Waals surface area contributed by atoms with Gasteiger partial charge in [-0.1, -0.05) is 35.9 Å². The lowest BCUT2D eigenvalue weighted by Crippen LogP contribution is -2.30. The van der Waals surface area contributed by atoms with Crippen LogP contribution >= 0.6 is 0 Å². The van der Waals surface area contributed by atoms with Crippen LogP contribution in [0.4, 0.5) is 5.69 Å². The summed E-state index contributed by atoms with van der Waals surface area (Å²) in [5.74, 6) is 1.01. The number of oxazole rings is 1. The largest absolute Gasteiger partial charge is 0.441 e. The highest BCUT2D eigenvalue weighted by molar-refractivity contribution is 5.97. The predicted molar refractivity (Wildman–Crippen MR) is 117 cm³/mol. The lowest BCUT2D eigenvalue weighted by Gasteiger charge is -2.19. The maximum atomic E-state index is 12.5. The number of carbonyl (C=O) groups is 2. The summed E-state index contributed by atoms with van der Waals surface area (Å²) in [6.45, 7) is 7.21. The SMILES string of the molecule is CCN(CC)C(=O)c1cccc(NC(=O)CCc2ncc(-c3ccc(C)cc3)o2)c1. The first-order chi connectivity index (χ1) is 14.5. The van der Waals surface area contributed by atoms with Crippen molar-refractivity contribution in [3.63, 3.8) is 0 Å². The molecule has 1 N–H and O–H groups in total. The summed E-state index contributed by atoms with van der Waals surface area (Å²) in [7, 11) is 0. The average Bonchev–Trinajstić information content (AvgIpc) is 3.23. The molecule has 0 saturated heterocycles. The number of hydrogen-bond donors (Lipinski definition) is 1. The molecule has 6 nitrogen and oxygen atoms in total. The van der Waals surface area contributed by atoms with Crippen LogP contribution < -0.4 is 5.32 Å². The van der Waals surface area contributed by atoms with E-state index < -0.39 is 0 Å². The Labute approximate surface area is 176 Å². The van der Waals surface area contributed by atoms with E-state index in [0.29, 0.717) is 42.4 Å². The Morgan fingerprint density at radius 1 is 1.07 bits per heavy atom. The molecule has 0 bridgehead atoms. The molecule has 2 amide bonds. The average molecular weight is 405 g/mol. The number of anilines is 1. The number of hydrogen-bond acceptors (Lipinski definition) is 4. The molecule has 0 atom stereocenters. The molecule has 30 heavy (non-hydrogen) atoms. The van der Waals surface area contributed by atoms with Gasteiger partial charge in [-0.3, -0.25) is 9.59 Å². The lowest BCUT2D eigenvalue weighted by atomic mass is 10.1. The maximum absolute atomic E-state index is 12.5. The molecule has 0 spiro atoms. The fraction of sp³-hybridized carbons (Fsp3) is 0.292. The zero-order valence-corrected chi connectivity index (χ0v) is 17.6. The summed E-state index contributed by atoms with van der Waals surface area (Å²) >= 11 is 0. The Morgan fingerprint density at radius 2 is 1.80 bits per heavy atom. The van der Waals surface area contributed by atoms with Crippen LogP contribution in [0.5, 0.6) is 0 Å². The number of benzene rings is 2. The molecule has 1 aromatic heterocycles. The van der Waals surface area contributed by atoms with E-state index >= 15 is 0 Å². The summed E-state index contributed by atoms with van der Waals surface area (Å²) in [6.07, 6.45) is 2.32. The Balaban J connectivity index is 1.57. The van der Waals surface area contributed by atoms with Gasteiger partial charge in [-0.25, -0.2) is 4.98 Å². The minimum atomic E-state index is -0.155. The molecule has 1 heterocycles. The maximum Gasteiger partial charge on any atom is 0.253 e. The van der Waals surface area contributed by atoms with Crippen molar-refractivity contribution in [2.75, 3.05) is 18.4 Å². The molecular formula is C24H27N3O3. The molecule has 2 aromatic carbocycles. The van der Waals surface area contributed by atoms with Crippen LogP contribution in [0.3, 0.4) is 0 Å². The van der Waals surface area contributed by atoms with Crippen molar-refractivity contribution in [3.05, 3.63) is 71.7 Å². The molecule has 0 saturated carbocycles. The quantitative estimate of drug-likeness (QED) is 0.589. The second-order valence-electron chi connectivity index (χ2n) is 7.09.